The summed E-state index contributed by atoms with van der Waals surface area (Å²) in [5.74, 6) is 2.02. The van der Waals surface area contributed by atoms with Crippen LogP contribution in [0.5, 0.6) is 0 Å². The Hall–Kier alpha value is -0.0800. The number of hydrogen-bond donors (Lipinski definition) is 1. The van der Waals surface area contributed by atoms with Crippen LogP contribution in [-0.4, -0.2) is 26.8 Å². The molecule has 100 valence electrons. The Balaban J connectivity index is 1.76. The molecule has 0 radical (unpaired) electrons. The molecule has 0 aromatic carbocycles. The van der Waals surface area contributed by atoms with E-state index in [-0.39, 0.29) is 0 Å². The molecule has 1 atom stereocenters. The van der Waals surface area contributed by atoms with Gasteiger partial charge in [-0.1, -0.05) is 32.6 Å². The van der Waals surface area contributed by atoms with Crippen molar-refractivity contribution in [2.45, 2.75) is 51.9 Å². The van der Waals surface area contributed by atoms with Gasteiger partial charge in [0.1, 0.15) is 0 Å². The van der Waals surface area contributed by atoms with Crippen molar-refractivity contribution in [3.05, 3.63) is 0 Å². The first-order valence-electron chi connectivity index (χ1n) is 7.44. The third kappa shape index (κ3) is 3.96. The Morgan fingerprint density at radius 1 is 1.18 bits per heavy atom. The van der Waals surface area contributed by atoms with Crippen molar-refractivity contribution in [2.24, 2.45) is 17.3 Å². The van der Waals surface area contributed by atoms with Crippen molar-refractivity contribution < 1.29 is 4.74 Å². The first-order chi connectivity index (χ1) is 8.24. The molecule has 2 heteroatoms. The zero-order valence-electron chi connectivity index (χ0n) is 11.6. The maximum Gasteiger partial charge on any atom is 0.0587 e. The summed E-state index contributed by atoms with van der Waals surface area (Å²) in [7, 11) is 1.78. The predicted molar refractivity (Wildman–Crippen MR) is 72.2 cm³/mol. The molecule has 2 saturated carbocycles. The van der Waals surface area contributed by atoms with Crippen LogP contribution < -0.4 is 5.32 Å². The van der Waals surface area contributed by atoms with E-state index in [4.69, 9.17) is 4.74 Å². The molecule has 2 nitrogen and oxygen atoms in total. The molecule has 0 heterocycles. The highest BCUT2D eigenvalue weighted by molar-refractivity contribution is 4.94. The minimum atomic E-state index is 0.558. The summed E-state index contributed by atoms with van der Waals surface area (Å²) in [4.78, 5) is 0. The number of hydrogen-bond acceptors (Lipinski definition) is 2. The lowest BCUT2D eigenvalue weighted by molar-refractivity contribution is 0.170. The quantitative estimate of drug-likeness (QED) is 0.657. The largest absolute Gasteiger partial charge is 0.383 e. The Labute approximate surface area is 107 Å². The maximum atomic E-state index is 5.10. The Morgan fingerprint density at radius 3 is 2.47 bits per heavy atom. The van der Waals surface area contributed by atoms with Crippen LogP contribution in [0.25, 0.3) is 0 Å². The van der Waals surface area contributed by atoms with Crippen LogP contribution in [0.15, 0.2) is 0 Å². The van der Waals surface area contributed by atoms with Crippen molar-refractivity contribution in [3.8, 4) is 0 Å². The fourth-order valence-electron chi connectivity index (χ4n) is 3.59. The summed E-state index contributed by atoms with van der Waals surface area (Å²) in [6.07, 6.45) is 10.3. The number of ether oxygens (including phenoxy) is 1. The van der Waals surface area contributed by atoms with E-state index in [0.717, 1.165) is 25.0 Å². The molecule has 2 fully saturated rings. The van der Waals surface area contributed by atoms with Crippen molar-refractivity contribution in [2.75, 3.05) is 26.8 Å². The molecule has 1 N–H and O–H groups in total. The highest BCUT2D eigenvalue weighted by atomic mass is 16.5. The SMILES string of the molecule is COCCNCC(C)(CC1CCCC1)C1CC1. The molecule has 2 aliphatic rings. The number of nitrogens with one attached hydrogen (secondary N) is 1. The van der Waals surface area contributed by atoms with Gasteiger partial charge >= 0.3 is 0 Å². The molecular weight excluding hydrogens is 210 g/mol. The van der Waals surface area contributed by atoms with Crippen LogP contribution in [0.1, 0.15) is 51.9 Å². The molecule has 0 amide bonds. The van der Waals surface area contributed by atoms with Crippen LogP contribution in [0.4, 0.5) is 0 Å². The van der Waals surface area contributed by atoms with Crippen molar-refractivity contribution in [1.82, 2.24) is 5.32 Å². The van der Waals surface area contributed by atoms with E-state index in [2.05, 4.69) is 12.2 Å². The monoisotopic (exact) mass is 239 g/mol. The minimum Gasteiger partial charge on any atom is -0.383 e. The van der Waals surface area contributed by atoms with Gasteiger partial charge in [0.05, 0.1) is 6.61 Å². The van der Waals surface area contributed by atoms with Gasteiger partial charge in [0, 0.05) is 20.2 Å². The second-order valence-corrected chi connectivity index (χ2v) is 6.45. The highest BCUT2D eigenvalue weighted by Crippen LogP contribution is 2.50. The van der Waals surface area contributed by atoms with Gasteiger partial charge in [0.25, 0.3) is 0 Å². The first-order valence-corrected chi connectivity index (χ1v) is 7.44. The predicted octanol–water partition coefficient (Wildman–Crippen LogP) is 3.22. The van der Waals surface area contributed by atoms with E-state index in [9.17, 15) is 0 Å². The third-order valence-electron chi connectivity index (χ3n) is 4.80. The molecule has 0 saturated heterocycles. The zero-order valence-corrected chi connectivity index (χ0v) is 11.6. The molecular formula is C15H29NO. The summed E-state index contributed by atoms with van der Waals surface area (Å²) in [6, 6.07) is 0. The Kier molecular flexibility index (Phi) is 4.87. The molecule has 0 bridgehead atoms. The van der Waals surface area contributed by atoms with Crippen LogP contribution >= 0.6 is 0 Å². The Morgan fingerprint density at radius 2 is 1.88 bits per heavy atom. The van der Waals surface area contributed by atoms with Crippen molar-refractivity contribution >= 4 is 0 Å². The van der Waals surface area contributed by atoms with E-state index < -0.39 is 0 Å². The van der Waals surface area contributed by atoms with Gasteiger partial charge < -0.3 is 10.1 Å². The van der Waals surface area contributed by atoms with Crippen molar-refractivity contribution in [3.63, 3.8) is 0 Å². The van der Waals surface area contributed by atoms with Gasteiger partial charge in [-0.15, -0.1) is 0 Å². The molecule has 2 rings (SSSR count). The Bertz CT molecular complexity index is 221. The summed E-state index contributed by atoms with van der Waals surface area (Å²) in [6.45, 7) is 5.55. The highest BCUT2D eigenvalue weighted by Gasteiger charge is 2.42. The van der Waals surface area contributed by atoms with Gasteiger partial charge in [0.15, 0.2) is 0 Å². The molecule has 0 aromatic heterocycles. The van der Waals surface area contributed by atoms with E-state index in [1.165, 1.54) is 51.5 Å². The lowest BCUT2D eigenvalue weighted by Crippen LogP contribution is -2.36. The molecule has 0 aliphatic heterocycles. The van der Waals surface area contributed by atoms with Crippen LogP contribution in [0.2, 0.25) is 0 Å². The average molecular weight is 239 g/mol. The van der Waals surface area contributed by atoms with Gasteiger partial charge in [-0.2, -0.15) is 0 Å². The maximum absolute atomic E-state index is 5.10. The topological polar surface area (TPSA) is 21.3 Å². The summed E-state index contributed by atoms with van der Waals surface area (Å²) in [5, 5.41) is 3.60. The minimum absolute atomic E-state index is 0.558. The molecule has 17 heavy (non-hydrogen) atoms. The lowest BCUT2D eigenvalue weighted by atomic mass is 9.76. The van der Waals surface area contributed by atoms with Crippen molar-refractivity contribution in [1.29, 1.82) is 0 Å². The smallest absolute Gasteiger partial charge is 0.0587 e. The zero-order chi connectivity index (χ0) is 12.1. The van der Waals surface area contributed by atoms with E-state index >= 15 is 0 Å². The second kappa shape index (κ2) is 6.19. The molecule has 1 unspecified atom stereocenters. The van der Waals surface area contributed by atoms with Gasteiger partial charge in [0.2, 0.25) is 0 Å². The number of rotatable bonds is 8. The fraction of sp³-hybridized carbons (Fsp3) is 1.00. The van der Waals surface area contributed by atoms with E-state index in [1.807, 2.05) is 0 Å². The summed E-state index contributed by atoms with van der Waals surface area (Å²) >= 11 is 0. The first kappa shape index (κ1) is 13.4. The second-order valence-electron chi connectivity index (χ2n) is 6.45. The summed E-state index contributed by atoms with van der Waals surface area (Å²) < 4.78 is 5.10. The fourth-order valence-corrected chi connectivity index (χ4v) is 3.59. The van der Waals surface area contributed by atoms with Gasteiger partial charge in [-0.25, -0.2) is 0 Å². The molecule has 0 spiro atoms. The van der Waals surface area contributed by atoms with Crippen LogP contribution in [-0.2, 0) is 4.74 Å². The lowest BCUT2D eigenvalue weighted by Gasteiger charge is -2.33. The molecule has 0 aromatic rings. The average Bonchev–Trinajstić information content (AvgIpc) is 3.07. The van der Waals surface area contributed by atoms with Crippen LogP contribution in [0.3, 0.4) is 0 Å². The molecule has 2 aliphatic carbocycles. The normalized spacial score (nSPS) is 25.1. The van der Waals surface area contributed by atoms with Crippen LogP contribution in [0, 0.1) is 17.3 Å². The van der Waals surface area contributed by atoms with Gasteiger partial charge in [-0.05, 0) is 36.5 Å². The number of methoxy groups -OCH3 is 1. The standard InChI is InChI=1S/C15H29NO/c1-15(14-7-8-14,12-16-9-10-17-2)11-13-5-3-4-6-13/h13-14,16H,3-12H2,1-2H3. The van der Waals surface area contributed by atoms with E-state index in [1.54, 1.807) is 7.11 Å². The summed E-state index contributed by atoms with van der Waals surface area (Å²) in [5.41, 5.74) is 0.558. The third-order valence-corrected chi connectivity index (χ3v) is 4.80. The van der Waals surface area contributed by atoms with Gasteiger partial charge in [-0.3, -0.25) is 0 Å². The van der Waals surface area contributed by atoms with E-state index in [0.29, 0.717) is 5.41 Å².